The van der Waals surface area contributed by atoms with Gasteiger partial charge >= 0.3 is 0 Å². The van der Waals surface area contributed by atoms with Crippen molar-refractivity contribution >= 4 is 0 Å². The van der Waals surface area contributed by atoms with Crippen LogP contribution in [0.1, 0.15) is 23.5 Å². The van der Waals surface area contributed by atoms with Crippen LogP contribution in [-0.2, 0) is 0 Å². The van der Waals surface area contributed by atoms with Gasteiger partial charge in [0.2, 0.25) is 0 Å². The fraction of sp³-hybridized carbons (Fsp3) is 0.133. The summed E-state index contributed by atoms with van der Waals surface area (Å²) in [6.07, 6.45) is 7.24. The number of pyridine rings is 1. The monoisotopic (exact) mass is 219 g/mol. The molecule has 0 amide bonds. The Morgan fingerprint density at radius 2 is 1.88 bits per heavy atom. The van der Waals surface area contributed by atoms with Crippen LogP contribution >= 0.6 is 0 Å². The number of hydrogen-bond donors (Lipinski definition) is 0. The number of nitriles is 1. The zero-order chi connectivity index (χ0) is 11.7. The summed E-state index contributed by atoms with van der Waals surface area (Å²) >= 11 is 0. The Kier molecular flexibility index (Phi) is 2.38. The fourth-order valence-corrected chi connectivity index (χ4v) is 1.90. The number of aromatic nitrogens is 1. The van der Waals surface area contributed by atoms with Crippen molar-refractivity contribution in [2.75, 3.05) is 0 Å². The summed E-state index contributed by atoms with van der Waals surface area (Å²) in [7, 11) is 0. The Balaban J connectivity index is 1.96. The first kappa shape index (κ1) is 10.0. The molecule has 1 aromatic carbocycles. The van der Waals surface area contributed by atoms with E-state index in [9.17, 15) is 0 Å². The highest BCUT2D eigenvalue weighted by Gasteiger charge is 2.24. The van der Waals surface area contributed by atoms with E-state index in [1.807, 2.05) is 36.7 Å². The predicted molar refractivity (Wildman–Crippen MR) is 66.0 cm³/mol. The van der Waals surface area contributed by atoms with Crippen molar-refractivity contribution in [3.8, 4) is 17.2 Å². The molecule has 1 heterocycles. The quantitative estimate of drug-likeness (QED) is 0.776. The Bertz CT molecular complexity index is 575. The summed E-state index contributed by atoms with van der Waals surface area (Å²) in [4.78, 5) is 4.28. The van der Waals surface area contributed by atoms with Crippen molar-refractivity contribution in [1.82, 2.24) is 4.98 Å². The number of rotatable bonds is 2. The van der Waals surface area contributed by atoms with E-state index in [4.69, 9.17) is 5.26 Å². The van der Waals surface area contributed by atoms with Gasteiger partial charge in [0.05, 0.1) is 11.6 Å². The summed E-state index contributed by atoms with van der Waals surface area (Å²) in [6.45, 7) is 0. The SMILES string of the molecule is N#Cc1ccc(-c2cncc(C3[CH]C3)c2)cc1. The maximum absolute atomic E-state index is 8.76. The number of benzene rings is 1. The first-order valence-electron chi connectivity index (χ1n) is 5.65. The van der Waals surface area contributed by atoms with Gasteiger partial charge in [0.25, 0.3) is 0 Å². The minimum atomic E-state index is 0.598. The second-order valence-corrected chi connectivity index (χ2v) is 4.27. The minimum absolute atomic E-state index is 0.598. The van der Waals surface area contributed by atoms with Crippen molar-refractivity contribution in [2.24, 2.45) is 0 Å². The van der Waals surface area contributed by atoms with Crippen LogP contribution in [0.2, 0.25) is 0 Å². The summed E-state index contributed by atoms with van der Waals surface area (Å²) in [5.41, 5.74) is 4.20. The lowest BCUT2D eigenvalue weighted by atomic mass is 10.0. The standard InChI is InChI=1S/C15H11N2/c16-8-11-1-3-12(4-2-11)14-7-15(10-17-9-14)13-5-6-13/h1-5,7,9-10,13H,6H2. The van der Waals surface area contributed by atoms with Crippen molar-refractivity contribution in [3.63, 3.8) is 0 Å². The molecule has 0 N–H and O–H groups in total. The molecule has 2 heteroatoms. The summed E-state index contributed by atoms with van der Waals surface area (Å²) in [6, 6.07) is 11.9. The molecule has 1 saturated carbocycles. The molecule has 1 radical (unpaired) electrons. The smallest absolute Gasteiger partial charge is 0.0991 e. The second kappa shape index (κ2) is 4.03. The van der Waals surface area contributed by atoms with Crippen molar-refractivity contribution < 1.29 is 0 Å². The molecular weight excluding hydrogens is 208 g/mol. The molecule has 1 aliphatic carbocycles. The lowest BCUT2D eigenvalue weighted by Gasteiger charge is -2.03. The molecule has 0 aliphatic heterocycles. The summed E-state index contributed by atoms with van der Waals surface area (Å²) < 4.78 is 0. The first-order chi connectivity index (χ1) is 8.36. The molecule has 1 aliphatic rings. The fourth-order valence-electron chi connectivity index (χ4n) is 1.90. The van der Waals surface area contributed by atoms with Crippen molar-refractivity contribution in [2.45, 2.75) is 12.3 Å². The zero-order valence-electron chi connectivity index (χ0n) is 9.30. The van der Waals surface area contributed by atoms with Gasteiger partial charge in [-0.3, -0.25) is 4.98 Å². The van der Waals surface area contributed by atoms with E-state index in [0.29, 0.717) is 11.5 Å². The van der Waals surface area contributed by atoms with E-state index in [0.717, 1.165) is 11.1 Å². The van der Waals surface area contributed by atoms with Gasteiger partial charge < -0.3 is 0 Å². The molecule has 0 spiro atoms. The second-order valence-electron chi connectivity index (χ2n) is 4.27. The van der Waals surface area contributed by atoms with Gasteiger partial charge in [-0.1, -0.05) is 12.1 Å². The zero-order valence-corrected chi connectivity index (χ0v) is 9.30. The summed E-state index contributed by atoms with van der Waals surface area (Å²) in [5.74, 6) is 0.598. The molecule has 1 unspecified atom stereocenters. The highest BCUT2D eigenvalue weighted by molar-refractivity contribution is 5.64. The predicted octanol–water partition coefficient (Wildman–Crippen LogP) is 3.31. The van der Waals surface area contributed by atoms with Crippen molar-refractivity contribution in [3.05, 3.63) is 60.3 Å². The van der Waals surface area contributed by atoms with Crippen LogP contribution < -0.4 is 0 Å². The van der Waals surface area contributed by atoms with Crippen LogP contribution in [0, 0.1) is 17.8 Å². The van der Waals surface area contributed by atoms with Gasteiger partial charge in [-0.15, -0.1) is 0 Å². The molecule has 2 nitrogen and oxygen atoms in total. The number of nitrogens with zero attached hydrogens (tertiary/aromatic N) is 2. The third-order valence-electron chi connectivity index (χ3n) is 3.01. The molecule has 0 bridgehead atoms. The highest BCUT2D eigenvalue weighted by atomic mass is 14.6. The molecule has 3 rings (SSSR count). The Morgan fingerprint density at radius 1 is 1.12 bits per heavy atom. The van der Waals surface area contributed by atoms with Crippen LogP contribution in [0.3, 0.4) is 0 Å². The van der Waals surface area contributed by atoms with Gasteiger partial charge in [0, 0.05) is 18.0 Å². The normalized spacial score (nSPS) is 14.3. The van der Waals surface area contributed by atoms with E-state index < -0.39 is 0 Å². The van der Waals surface area contributed by atoms with Crippen molar-refractivity contribution in [1.29, 1.82) is 5.26 Å². The summed E-state index contributed by atoms with van der Waals surface area (Å²) in [5, 5.41) is 8.76. The van der Waals surface area contributed by atoms with E-state index >= 15 is 0 Å². The Labute approximate surface area is 101 Å². The average molecular weight is 219 g/mol. The minimum Gasteiger partial charge on any atom is -0.264 e. The van der Waals surface area contributed by atoms with Gasteiger partial charge in [-0.25, -0.2) is 0 Å². The maximum atomic E-state index is 8.76. The molecule has 17 heavy (non-hydrogen) atoms. The van der Waals surface area contributed by atoms with E-state index in [-0.39, 0.29) is 0 Å². The third-order valence-corrected chi connectivity index (χ3v) is 3.01. The van der Waals surface area contributed by atoms with E-state index in [2.05, 4.69) is 23.5 Å². The molecular formula is C15H11N2. The van der Waals surface area contributed by atoms with Gasteiger partial charge in [-0.05, 0) is 48.1 Å². The maximum Gasteiger partial charge on any atom is 0.0991 e. The Hall–Kier alpha value is -2.14. The first-order valence-corrected chi connectivity index (χ1v) is 5.65. The number of hydrogen-bond acceptors (Lipinski definition) is 2. The molecule has 2 aromatic rings. The topological polar surface area (TPSA) is 36.7 Å². The van der Waals surface area contributed by atoms with E-state index in [1.165, 1.54) is 12.0 Å². The molecule has 0 saturated heterocycles. The van der Waals surface area contributed by atoms with E-state index in [1.54, 1.807) is 0 Å². The molecule has 1 fully saturated rings. The third kappa shape index (κ3) is 2.05. The lowest BCUT2D eigenvalue weighted by molar-refractivity contribution is 1.12. The largest absolute Gasteiger partial charge is 0.264 e. The average Bonchev–Trinajstić information content (AvgIpc) is 3.23. The van der Waals surface area contributed by atoms with Crippen LogP contribution in [0.5, 0.6) is 0 Å². The van der Waals surface area contributed by atoms with Crippen LogP contribution in [-0.4, -0.2) is 4.98 Å². The van der Waals surface area contributed by atoms with Crippen LogP contribution in [0.4, 0.5) is 0 Å². The van der Waals surface area contributed by atoms with Gasteiger partial charge in [0.1, 0.15) is 0 Å². The van der Waals surface area contributed by atoms with Crippen LogP contribution in [0.15, 0.2) is 42.7 Å². The Morgan fingerprint density at radius 3 is 2.53 bits per heavy atom. The molecule has 1 atom stereocenters. The van der Waals surface area contributed by atoms with Crippen LogP contribution in [0.25, 0.3) is 11.1 Å². The van der Waals surface area contributed by atoms with Gasteiger partial charge in [0.15, 0.2) is 0 Å². The lowest BCUT2D eigenvalue weighted by Crippen LogP contribution is -1.85. The van der Waals surface area contributed by atoms with Gasteiger partial charge in [-0.2, -0.15) is 5.26 Å². The molecule has 1 aromatic heterocycles. The molecule has 81 valence electrons. The highest BCUT2D eigenvalue weighted by Crippen LogP contribution is 2.39.